The van der Waals surface area contributed by atoms with Crippen LogP contribution < -0.4 is 4.83 Å². The molecule has 1 heterocycles. The third-order valence-corrected chi connectivity index (χ3v) is 4.80. The van der Waals surface area contributed by atoms with Gasteiger partial charge in [0.15, 0.2) is 0 Å². The Morgan fingerprint density at radius 2 is 1.74 bits per heavy atom. The number of benzene rings is 2. The lowest BCUT2D eigenvalue weighted by Crippen LogP contribution is -2.20. The van der Waals surface area contributed by atoms with Crippen LogP contribution in [0.5, 0.6) is 0 Å². The first-order chi connectivity index (χ1) is 12.9. The monoisotopic (exact) mass is 384 g/mol. The number of nitro benzene ring substituents is 1. The first-order valence-corrected chi connectivity index (χ1v) is 9.58. The molecule has 138 valence electrons. The molecule has 2 aromatic carbocycles. The van der Waals surface area contributed by atoms with Gasteiger partial charge in [0.25, 0.3) is 15.7 Å². The highest BCUT2D eigenvalue weighted by Gasteiger charge is 2.10. The summed E-state index contributed by atoms with van der Waals surface area (Å²) in [5.74, 6) is -0.172. The molecule has 0 spiro atoms. The van der Waals surface area contributed by atoms with E-state index in [0.717, 1.165) is 0 Å². The van der Waals surface area contributed by atoms with E-state index < -0.39 is 14.9 Å². The summed E-state index contributed by atoms with van der Waals surface area (Å²) >= 11 is 0. The van der Waals surface area contributed by atoms with Crippen LogP contribution in [-0.4, -0.2) is 24.1 Å². The van der Waals surface area contributed by atoms with Gasteiger partial charge in [-0.25, -0.2) is 13.2 Å². The predicted molar refractivity (Wildman–Crippen MR) is 102 cm³/mol. The minimum absolute atomic E-state index is 0.00482. The first kappa shape index (κ1) is 18.3. The number of aromatic nitrogens is 1. The molecule has 0 aliphatic rings. The average Bonchev–Trinajstić information content (AvgIpc) is 3.10. The number of rotatable bonds is 7. The van der Waals surface area contributed by atoms with Crippen LogP contribution in [0.25, 0.3) is 5.69 Å². The van der Waals surface area contributed by atoms with Gasteiger partial charge >= 0.3 is 0 Å². The van der Waals surface area contributed by atoms with Crippen LogP contribution in [0.1, 0.15) is 11.3 Å². The molecule has 9 heteroatoms. The van der Waals surface area contributed by atoms with E-state index in [-0.39, 0.29) is 11.4 Å². The molecule has 0 atom stereocenters. The van der Waals surface area contributed by atoms with E-state index in [4.69, 9.17) is 0 Å². The van der Waals surface area contributed by atoms with Gasteiger partial charge in [-0.3, -0.25) is 10.1 Å². The molecule has 27 heavy (non-hydrogen) atoms. The summed E-state index contributed by atoms with van der Waals surface area (Å²) < 4.78 is 25.9. The van der Waals surface area contributed by atoms with Gasteiger partial charge in [0.1, 0.15) is 0 Å². The fourth-order valence-electron chi connectivity index (χ4n) is 2.47. The lowest BCUT2D eigenvalue weighted by Gasteiger charge is -2.06. The largest absolute Gasteiger partial charge is 0.316 e. The summed E-state index contributed by atoms with van der Waals surface area (Å²) in [5, 5.41) is 14.6. The predicted octanol–water partition coefficient (Wildman–Crippen LogP) is 2.84. The highest BCUT2D eigenvalue weighted by atomic mass is 32.2. The zero-order valence-corrected chi connectivity index (χ0v) is 14.9. The zero-order valence-electron chi connectivity index (χ0n) is 14.1. The second-order valence-corrected chi connectivity index (χ2v) is 7.37. The number of non-ortho nitro benzene ring substituents is 1. The molecular weight excluding hydrogens is 368 g/mol. The van der Waals surface area contributed by atoms with Crippen LogP contribution in [0, 0.1) is 10.1 Å². The number of sulfonamides is 1. The van der Waals surface area contributed by atoms with E-state index in [9.17, 15) is 18.5 Å². The van der Waals surface area contributed by atoms with Crippen LogP contribution in [0.4, 0.5) is 5.69 Å². The molecule has 0 aliphatic heterocycles. The number of hydrogen-bond donors (Lipinski definition) is 1. The SMILES string of the molecule is O=[N+]([O-])c1ccc(-n2cccc2/C=N/NS(=O)(=O)Cc2ccccc2)cc1. The topological polar surface area (TPSA) is 107 Å². The average molecular weight is 384 g/mol. The van der Waals surface area contributed by atoms with Crippen molar-refractivity contribution in [3.05, 3.63) is 94.3 Å². The van der Waals surface area contributed by atoms with E-state index in [1.165, 1.54) is 18.3 Å². The zero-order chi connectivity index (χ0) is 19.3. The Hall–Kier alpha value is -3.46. The van der Waals surface area contributed by atoms with Gasteiger partial charge in [-0.05, 0) is 29.8 Å². The highest BCUT2D eigenvalue weighted by molar-refractivity contribution is 7.88. The summed E-state index contributed by atoms with van der Waals surface area (Å²) in [4.78, 5) is 12.5. The fourth-order valence-corrected chi connectivity index (χ4v) is 3.38. The van der Waals surface area contributed by atoms with Crippen molar-refractivity contribution in [1.82, 2.24) is 9.40 Å². The quantitative estimate of drug-likeness (QED) is 0.384. The molecule has 0 saturated heterocycles. The van der Waals surface area contributed by atoms with Gasteiger partial charge in [-0.1, -0.05) is 30.3 Å². The van der Waals surface area contributed by atoms with E-state index in [1.54, 1.807) is 59.3 Å². The summed E-state index contributed by atoms with van der Waals surface area (Å²) in [6, 6.07) is 18.3. The van der Waals surface area contributed by atoms with Gasteiger partial charge in [0.05, 0.1) is 22.6 Å². The number of hydrazone groups is 1. The lowest BCUT2D eigenvalue weighted by molar-refractivity contribution is -0.384. The summed E-state index contributed by atoms with van der Waals surface area (Å²) in [5.41, 5.74) is 1.97. The molecule has 3 rings (SSSR count). The minimum atomic E-state index is -3.61. The fraction of sp³-hybridized carbons (Fsp3) is 0.0556. The van der Waals surface area contributed by atoms with Crippen molar-refractivity contribution in [1.29, 1.82) is 0 Å². The van der Waals surface area contributed by atoms with Crippen molar-refractivity contribution in [3.63, 3.8) is 0 Å². The second-order valence-electron chi connectivity index (χ2n) is 5.67. The maximum absolute atomic E-state index is 12.1. The van der Waals surface area contributed by atoms with Crippen molar-refractivity contribution >= 4 is 21.9 Å². The summed E-state index contributed by atoms with van der Waals surface area (Å²) in [6.45, 7) is 0. The van der Waals surface area contributed by atoms with Gasteiger partial charge < -0.3 is 4.57 Å². The molecule has 0 fully saturated rings. The Labute approximate surface area is 156 Å². The standard InChI is InChI=1S/C18H16N4O4S/c23-22(24)17-10-8-16(9-11-17)21-12-4-7-18(21)13-19-20-27(25,26)14-15-5-2-1-3-6-15/h1-13,20H,14H2/b19-13+. The molecule has 1 N–H and O–H groups in total. The lowest BCUT2D eigenvalue weighted by atomic mass is 10.2. The van der Waals surface area contributed by atoms with Crippen LogP contribution in [0.2, 0.25) is 0 Å². The number of nitro groups is 1. The van der Waals surface area contributed by atoms with Gasteiger partial charge in [-0.15, -0.1) is 0 Å². The molecule has 1 aromatic heterocycles. The minimum Gasteiger partial charge on any atom is -0.316 e. The Morgan fingerprint density at radius 3 is 2.41 bits per heavy atom. The Kier molecular flexibility index (Phi) is 5.32. The molecule has 0 unspecified atom stereocenters. The number of hydrogen-bond acceptors (Lipinski definition) is 5. The summed E-state index contributed by atoms with van der Waals surface area (Å²) in [6.07, 6.45) is 3.13. The maximum Gasteiger partial charge on any atom is 0.269 e. The number of nitrogens with one attached hydrogen (secondary N) is 1. The van der Waals surface area contributed by atoms with Gasteiger partial charge in [0, 0.05) is 24.0 Å². The van der Waals surface area contributed by atoms with Crippen LogP contribution in [0.15, 0.2) is 78.0 Å². The molecular formula is C18H16N4O4S. The third kappa shape index (κ3) is 4.79. The van der Waals surface area contributed by atoms with Crippen molar-refractivity contribution in [3.8, 4) is 5.69 Å². The van der Waals surface area contributed by atoms with Crippen LogP contribution >= 0.6 is 0 Å². The van der Waals surface area contributed by atoms with E-state index in [0.29, 0.717) is 16.9 Å². The molecule has 0 amide bonds. The van der Waals surface area contributed by atoms with Crippen molar-refractivity contribution in [2.75, 3.05) is 0 Å². The second kappa shape index (κ2) is 7.83. The van der Waals surface area contributed by atoms with E-state index >= 15 is 0 Å². The van der Waals surface area contributed by atoms with Crippen molar-refractivity contribution < 1.29 is 13.3 Å². The van der Waals surface area contributed by atoms with Crippen LogP contribution in [-0.2, 0) is 15.8 Å². The van der Waals surface area contributed by atoms with E-state index in [2.05, 4.69) is 9.93 Å². The van der Waals surface area contributed by atoms with Crippen molar-refractivity contribution in [2.24, 2.45) is 5.10 Å². The molecule has 0 radical (unpaired) electrons. The Balaban J connectivity index is 1.71. The molecule has 0 aliphatic carbocycles. The smallest absolute Gasteiger partial charge is 0.269 e. The third-order valence-electron chi connectivity index (χ3n) is 3.71. The highest BCUT2D eigenvalue weighted by Crippen LogP contribution is 2.17. The molecule has 0 saturated carbocycles. The van der Waals surface area contributed by atoms with Gasteiger partial charge in [0.2, 0.25) is 0 Å². The number of nitrogens with zero attached hydrogens (tertiary/aromatic N) is 3. The molecule has 8 nitrogen and oxygen atoms in total. The Morgan fingerprint density at radius 1 is 1.04 bits per heavy atom. The van der Waals surface area contributed by atoms with Crippen LogP contribution in [0.3, 0.4) is 0 Å². The summed E-state index contributed by atoms with van der Waals surface area (Å²) in [7, 11) is -3.61. The van der Waals surface area contributed by atoms with Gasteiger partial charge in [-0.2, -0.15) is 5.10 Å². The molecule has 3 aromatic rings. The normalized spacial score (nSPS) is 11.6. The van der Waals surface area contributed by atoms with Crippen molar-refractivity contribution in [2.45, 2.75) is 5.75 Å². The molecule has 0 bridgehead atoms. The first-order valence-electron chi connectivity index (χ1n) is 7.93. The maximum atomic E-state index is 12.1. The van der Waals surface area contributed by atoms with E-state index in [1.807, 2.05) is 6.07 Å². The Bertz CT molecular complexity index is 1060.